The Bertz CT molecular complexity index is 3040. The molecule has 432 valence electrons. The van der Waals surface area contributed by atoms with Crippen LogP contribution in [0, 0.1) is 0 Å². The van der Waals surface area contributed by atoms with Crippen LogP contribution in [0.15, 0.2) is 68.7 Å². The Labute approximate surface area is 508 Å². The molecule has 1 aliphatic heterocycles. The van der Waals surface area contributed by atoms with Crippen molar-refractivity contribution in [1.82, 2.24) is 0 Å². The Hall–Kier alpha value is -4.42. The van der Waals surface area contributed by atoms with Crippen LogP contribution in [0.4, 0.5) is 0 Å². The van der Waals surface area contributed by atoms with Gasteiger partial charge in [0.1, 0.15) is 0 Å². The molecule has 0 atom stereocenters. The number of ketones is 2. The molecule has 81 heavy (non-hydrogen) atoms. The van der Waals surface area contributed by atoms with Crippen LogP contribution in [0.25, 0.3) is 60.5 Å². The highest BCUT2D eigenvalue weighted by molar-refractivity contribution is 7.21. The molecule has 1 fully saturated rings. The monoisotopic (exact) mass is 1250 g/mol. The largest absolute Gasteiger partial charge is 0.478 e. The minimum Gasteiger partial charge on any atom is -0.478 e. The van der Waals surface area contributed by atoms with E-state index in [0.29, 0.717) is 64.3 Å². The van der Waals surface area contributed by atoms with E-state index < -0.39 is 22.4 Å². The second-order valence-electron chi connectivity index (χ2n) is 20.4. The summed E-state index contributed by atoms with van der Waals surface area (Å²) in [6, 6.07) is 11.0. The van der Waals surface area contributed by atoms with Gasteiger partial charge in [-0.15, -0.1) is 68.0 Å². The van der Waals surface area contributed by atoms with Gasteiger partial charge < -0.3 is 14.9 Å². The third-order valence-electron chi connectivity index (χ3n) is 14.7. The van der Waals surface area contributed by atoms with Crippen LogP contribution in [0.5, 0.6) is 0 Å². The van der Waals surface area contributed by atoms with Gasteiger partial charge in [0.2, 0.25) is 0 Å². The number of aromatic carboxylic acids is 2. The number of ether oxygens (including phenoxy) is 1. The second kappa shape index (κ2) is 33.2. The fraction of sp³-hybridized carbons (Fsp3) is 0.438. The van der Waals surface area contributed by atoms with Gasteiger partial charge in [-0.1, -0.05) is 129 Å². The number of rotatable bonds is 28. The highest BCUT2D eigenvalue weighted by atomic mass is 35.5. The third-order valence-corrected chi connectivity index (χ3v) is 20.7. The minimum absolute atomic E-state index is 0.196. The first-order valence-corrected chi connectivity index (χ1v) is 34.7. The van der Waals surface area contributed by atoms with Crippen molar-refractivity contribution in [1.29, 1.82) is 0 Å². The van der Waals surface area contributed by atoms with E-state index in [-0.39, 0.29) is 22.7 Å². The molecule has 10 rings (SSSR count). The number of unbranched alkanes of at least 4 members (excludes halogenated alkanes) is 18. The number of hydrogen-bond acceptors (Lipinski definition) is 13. The van der Waals surface area contributed by atoms with Crippen molar-refractivity contribution in [3.63, 3.8) is 0 Å². The van der Waals surface area contributed by atoms with Gasteiger partial charge in [-0.05, 0) is 118 Å². The Balaban J connectivity index is 0.000000188. The molecule has 1 saturated heterocycles. The Kier molecular flexibility index (Phi) is 26.3. The molecule has 0 bridgehead atoms. The standard InChI is InChI=1S/C36H54O2S2.C12H4Cl2O2S2.C12H6O4S2.C4H8O/c1-3-5-7-9-11-13-15-17-19-21-23-31(37)33-29-25-27-40-36(29)34(30-26-28-39-35(30)33)32(38)24-22-20-18-16-14-12-10-8-6-4-2;13-11(15)7-5-1-3-17-9(5)8(12(14)16)6-2-4-18-10(6)7;13-11(14)7-5-1-3-17-9(5)8(12(15)16)6-2-4-18-10(6)7;1-2-4-5-3-1/h25-28H,3-24H2,1-2H3;1-4H;1-4H,(H,13,14)(H,15,16);1-4H2. The van der Waals surface area contributed by atoms with E-state index in [1.807, 2.05) is 10.8 Å². The van der Waals surface area contributed by atoms with E-state index >= 15 is 0 Å². The highest BCUT2D eigenvalue weighted by Crippen LogP contribution is 2.43. The summed E-state index contributed by atoms with van der Waals surface area (Å²) in [6.07, 6.45) is 29.3. The molecular weight excluding hydrogens is 1180 g/mol. The van der Waals surface area contributed by atoms with Crippen LogP contribution in [-0.2, 0) is 4.74 Å². The zero-order valence-corrected chi connectivity index (χ0v) is 52.7. The van der Waals surface area contributed by atoms with Gasteiger partial charge in [-0.25, -0.2) is 9.59 Å². The third kappa shape index (κ3) is 16.7. The van der Waals surface area contributed by atoms with Gasteiger partial charge in [0.05, 0.1) is 31.7 Å². The lowest BCUT2D eigenvalue weighted by atomic mass is 9.93. The molecule has 0 aliphatic carbocycles. The summed E-state index contributed by atoms with van der Waals surface area (Å²) in [7, 11) is 0. The van der Waals surface area contributed by atoms with Crippen molar-refractivity contribution < 1.29 is 43.7 Å². The van der Waals surface area contributed by atoms with Crippen LogP contribution < -0.4 is 0 Å². The first-order chi connectivity index (χ1) is 39.4. The average Bonchev–Trinajstić information content (AvgIpc) is 4.34. The lowest BCUT2D eigenvalue weighted by molar-refractivity contribution is 0.0687. The van der Waals surface area contributed by atoms with E-state index in [0.717, 1.165) is 70.2 Å². The molecule has 17 heteroatoms. The fourth-order valence-electron chi connectivity index (χ4n) is 10.6. The predicted molar refractivity (Wildman–Crippen MR) is 348 cm³/mol. The summed E-state index contributed by atoms with van der Waals surface area (Å²) < 4.78 is 9.45. The number of fused-ring (bicyclic) bond motifs is 6. The quantitative estimate of drug-likeness (QED) is 0.0277. The number of carbonyl (C=O) groups is 6. The van der Waals surface area contributed by atoms with Crippen molar-refractivity contribution in [2.24, 2.45) is 0 Å². The molecule has 1 aliphatic rings. The maximum absolute atomic E-state index is 13.5. The van der Waals surface area contributed by atoms with Gasteiger partial charge in [-0.3, -0.25) is 19.2 Å². The fourth-order valence-corrected chi connectivity index (χ4v) is 16.9. The summed E-state index contributed by atoms with van der Waals surface area (Å²) in [5, 5.41) is 33.2. The van der Waals surface area contributed by atoms with Gasteiger partial charge >= 0.3 is 11.9 Å². The lowest BCUT2D eigenvalue weighted by Gasteiger charge is -2.11. The number of carbonyl (C=O) groups excluding carboxylic acids is 4. The van der Waals surface area contributed by atoms with E-state index in [4.69, 9.17) is 27.9 Å². The molecule has 3 aromatic carbocycles. The van der Waals surface area contributed by atoms with Crippen LogP contribution >= 0.6 is 91.2 Å². The summed E-state index contributed by atoms with van der Waals surface area (Å²) >= 11 is 19.8. The van der Waals surface area contributed by atoms with E-state index in [9.17, 15) is 39.0 Å². The zero-order valence-electron chi connectivity index (χ0n) is 46.3. The first-order valence-electron chi connectivity index (χ1n) is 28.6. The zero-order chi connectivity index (χ0) is 57.7. The molecule has 0 saturated carbocycles. The molecule has 9 aromatic rings. The summed E-state index contributed by atoms with van der Waals surface area (Å²) in [6.45, 7) is 6.53. The van der Waals surface area contributed by atoms with Crippen molar-refractivity contribution in [2.75, 3.05) is 13.2 Å². The Morgan fingerprint density at radius 2 is 0.605 bits per heavy atom. The molecule has 2 N–H and O–H groups in total. The average molecular weight is 1250 g/mol. The topological polar surface area (TPSA) is 152 Å². The number of Topliss-reactive ketones (excluding diaryl/α,β-unsaturated/α-hetero) is 2. The predicted octanol–water partition coefficient (Wildman–Crippen LogP) is 22.3. The van der Waals surface area contributed by atoms with E-state index in [1.165, 1.54) is 161 Å². The number of carboxylic acid groups (broad SMARTS) is 2. The molecule has 0 radical (unpaired) electrons. The van der Waals surface area contributed by atoms with Crippen molar-refractivity contribution in [2.45, 2.75) is 168 Å². The van der Waals surface area contributed by atoms with Crippen LogP contribution in [0.3, 0.4) is 0 Å². The number of halogens is 2. The Morgan fingerprint density at radius 1 is 0.370 bits per heavy atom. The first kappa shape index (κ1) is 64.1. The Morgan fingerprint density at radius 3 is 0.852 bits per heavy atom. The number of carboxylic acids is 2. The normalized spacial score (nSPS) is 12.2. The van der Waals surface area contributed by atoms with Gasteiger partial charge in [0.25, 0.3) is 10.5 Å². The van der Waals surface area contributed by atoms with Crippen molar-refractivity contribution in [3.8, 4) is 0 Å². The molecule has 9 nitrogen and oxygen atoms in total. The maximum Gasteiger partial charge on any atom is 0.337 e. The summed E-state index contributed by atoms with van der Waals surface area (Å²) in [4.78, 5) is 72.9. The minimum atomic E-state index is -1.03. The highest BCUT2D eigenvalue weighted by Gasteiger charge is 2.26. The maximum atomic E-state index is 13.5. The van der Waals surface area contributed by atoms with Crippen LogP contribution in [-0.4, -0.2) is 57.4 Å². The SMILES string of the molecule is C1CCOC1.CCCCCCCCCCCCC(=O)c1c2ccsc2c(C(=O)CCCCCCCCCCCC)c2ccsc12.O=C(Cl)c1c2ccsc2c(C(=O)Cl)c2ccsc12.O=C(O)c1c2ccsc2c(C(=O)O)c2ccsc12. The molecule has 6 aromatic heterocycles. The molecule has 0 unspecified atom stereocenters. The molecule has 0 amide bonds. The van der Waals surface area contributed by atoms with E-state index in [2.05, 4.69) is 36.7 Å². The summed E-state index contributed by atoms with van der Waals surface area (Å²) in [5.74, 6) is -1.54. The number of hydrogen-bond donors (Lipinski definition) is 2. The molecular formula is C64H72Cl2O9S6. The lowest BCUT2D eigenvalue weighted by Crippen LogP contribution is -2.05. The molecule has 7 heterocycles. The molecule has 0 spiro atoms. The summed E-state index contributed by atoms with van der Waals surface area (Å²) in [5.41, 5.74) is 3.04. The van der Waals surface area contributed by atoms with Crippen LogP contribution in [0.1, 0.15) is 230 Å². The van der Waals surface area contributed by atoms with Crippen molar-refractivity contribution >= 4 is 186 Å². The van der Waals surface area contributed by atoms with E-state index in [1.54, 1.807) is 57.7 Å². The number of thiophene rings is 6. The van der Waals surface area contributed by atoms with Crippen LogP contribution in [0.2, 0.25) is 0 Å². The van der Waals surface area contributed by atoms with Crippen molar-refractivity contribution in [3.05, 3.63) is 102 Å². The van der Waals surface area contributed by atoms with Gasteiger partial charge in [0.15, 0.2) is 11.6 Å². The smallest absolute Gasteiger partial charge is 0.337 e. The second-order valence-corrected chi connectivity index (χ2v) is 26.6. The number of benzene rings is 3. The van der Waals surface area contributed by atoms with Gasteiger partial charge in [0, 0.05) is 88.3 Å². The van der Waals surface area contributed by atoms with Gasteiger partial charge in [-0.2, -0.15) is 0 Å².